The number of rotatable bonds is 3. The van der Waals surface area contributed by atoms with Gasteiger partial charge in [0.25, 0.3) is 0 Å². The Balaban J connectivity index is 1.74. The van der Waals surface area contributed by atoms with Crippen molar-refractivity contribution in [1.82, 2.24) is 5.32 Å². The van der Waals surface area contributed by atoms with Crippen molar-refractivity contribution in [2.45, 2.75) is 77.0 Å². The SMILES string of the molecule is C[C@@H](NC1CC(C)(C)Oc2ccccc21)C1CCCCC1. The topological polar surface area (TPSA) is 21.3 Å². The molecule has 2 atom stereocenters. The van der Waals surface area contributed by atoms with Crippen LogP contribution in [-0.4, -0.2) is 11.6 Å². The maximum Gasteiger partial charge on any atom is 0.124 e. The zero-order chi connectivity index (χ0) is 14.9. The van der Waals surface area contributed by atoms with Crippen LogP contribution < -0.4 is 10.1 Å². The molecule has 21 heavy (non-hydrogen) atoms. The number of nitrogens with one attached hydrogen (secondary N) is 1. The van der Waals surface area contributed by atoms with Crippen LogP contribution in [0.4, 0.5) is 0 Å². The van der Waals surface area contributed by atoms with Crippen molar-refractivity contribution in [3.05, 3.63) is 29.8 Å². The molecule has 1 heterocycles. The van der Waals surface area contributed by atoms with Gasteiger partial charge in [0.05, 0.1) is 0 Å². The Morgan fingerprint density at radius 3 is 2.62 bits per heavy atom. The molecule has 0 bridgehead atoms. The van der Waals surface area contributed by atoms with Crippen LogP contribution in [0.3, 0.4) is 0 Å². The molecule has 1 unspecified atom stereocenters. The Bertz CT molecular complexity index is 476. The van der Waals surface area contributed by atoms with Crippen molar-refractivity contribution in [2.75, 3.05) is 0 Å². The van der Waals surface area contributed by atoms with Crippen LogP contribution in [0.2, 0.25) is 0 Å². The van der Waals surface area contributed by atoms with E-state index >= 15 is 0 Å². The quantitative estimate of drug-likeness (QED) is 0.858. The highest BCUT2D eigenvalue weighted by atomic mass is 16.5. The van der Waals surface area contributed by atoms with Crippen LogP contribution in [0.5, 0.6) is 5.75 Å². The second-order valence-corrected chi connectivity index (χ2v) is 7.51. The van der Waals surface area contributed by atoms with Gasteiger partial charge in [-0.25, -0.2) is 0 Å². The number of ether oxygens (including phenoxy) is 1. The second kappa shape index (κ2) is 6.00. The molecular formula is C19H29NO. The Morgan fingerprint density at radius 1 is 1.14 bits per heavy atom. The van der Waals surface area contributed by atoms with Gasteiger partial charge in [0.2, 0.25) is 0 Å². The molecule has 1 aliphatic carbocycles. The van der Waals surface area contributed by atoms with Gasteiger partial charge < -0.3 is 10.1 Å². The molecular weight excluding hydrogens is 258 g/mol. The van der Waals surface area contributed by atoms with Crippen molar-refractivity contribution in [3.8, 4) is 5.75 Å². The largest absolute Gasteiger partial charge is 0.487 e. The number of benzene rings is 1. The number of hydrogen-bond acceptors (Lipinski definition) is 2. The zero-order valence-electron chi connectivity index (χ0n) is 13.7. The van der Waals surface area contributed by atoms with E-state index in [0.717, 1.165) is 18.1 Å². The van der Waals surface area contributed by atoms with Crippen LogP contribution >= 0.6 is 0 Å². The zero-order valence-corrected chi connectivity index (χ0v) is 13.7. The van der Waals surface area contributed by atoms with Crippen molar-refractivity contribution in [2.24, 2.45) is 5.92 Å². The lowest BCUT2D eigenvalue weighted by Crippen LogP contribution is -2.44. The average molecular weight is 287 g/mol. The molecule has 1 fully saturated rings. The molecule has 1 N–H and O–H groups in total. The second-order valence-electron chi connectivity index (χ2n) is 7.51. The first-order valence-corrected chi connectivity index (χ1v) is 8.59. The lowest BCUT2D eigenvalue weighted by atomic mass is 9.83. The van der Waals surface area contributed by atoms with E-state index < -0.39 is 0 Å². The van der Waals surface area contributed by atoms with E-state index in [1.165, 1.54) is 37.7 Å². The van der Waals surface area contributed by atoms with Crippen LogP contribution in [0.15, 0.2) is 24.3 Å². The summed E-state index contributed by atoms with van der Waals surface area (Å²) in [6, 6.07) is 9.54. The summed E-state index contributed by atoms with van der Waals surface area (Å²) in [6.07, 6.45) is 8.07. The maximum atomic E-state index is 6.14. The van der Waals surface area contributed by atoms with E-state index in [1.54, 1.807) is 0 Å². The first kappa shape index (κ1) is 14.9. The van der Waals surface area contributed by atoms with Crippen LogP contribution in [0.25, 0.3) is 0 Å². The van der Waals surface area contributed by atoms with Gasteiger partial charge in [-0.2, -0.15) is 0 Å². The molecule has 3 rings (SSSR count). The summed E-state index contributed by atoms with van der Waals surface area (Å²) in [4.78, 5) is 0. The fourth-order valence-electron chi connectivity index (χ4n) is 4.04. The van der Waals surface area contributed by atoms with Crippen LogP contribution in [0.1, 0.15) is 70.9 Å². The summed E-state index contributed by atoms with van der Waals surface area (Å²) in [5.41, 5.74) is 1.25. The van der Waals surface area contributed by atoms with Crippen molar-refractivity contribution in [1.29, 1.82) is 0 Å². The lowest BCUT2D eigenvalue weighted by molar-refractivity contribution is 0.0613. The molecule has 1 aliphatic heterocycles. The third-order valence-corrected chi connectivity index (χ3v) is 5.20. The average Bonchev–Trinajstić information content (AvgIpc) is 2.47. The van der Waals surface area contributed by atoms with Gasteiger partial charge in [-0.05, 0) is 45.6 Å². The molecule has 0 aromatic heterocycles. The predicted molar refractivity (Wildman–Crippen MR) is 87.7 cm³/mol. The van der Waals surface area contributed by atoms with Crippen molar-refractivity contribution < 1.29 is 4.74 Å². The summed E-state index contributed by atoms with van der Waals surface area (Å²) in [7, 11) is 0. The van der Waals surface area contributed by atoms with Crippen LogP contribution in [-0.2, 0) is 0 Å². The monoisotopic (exact) mass is 287 g/mol. The normalized spacial score (nSPS) is 26.7. The Labute approximate surface area is 129 Å². The fourth-order valence-corrected chi connectivity index (χ4v) is 4.04. The van der Waals surface area contributed by atoms with E-state index in [-0.39, 0.29) is 5.60 Å². The standard InChI is InChI=1S/C19H29NO/c1-14(15-9-5-4-6-10-15)20-17-13-19(2,3)21-18-12-8-7-11-16(17)18/h7-8,11-12,14-15,17,20H,4-6,9-10,13H2,1-3H3/t14-,17?/m1/s1. The Kier molecular flexibility index (Phi) is 4.26. The molecule has 116 valence electrons. The van der Waals surface area contributed by atoms with E-state index in [1.807, 2.05) is 0 Å². The lowest BCUT2D eigenvalue weighted by Gasteiger charge is -2.40. The van der Waals surface area contributed by atoms with Gasteiger partial charge in [-0.1, -0.05) is 37.5 Å². The number of fused-ring (bicyclic) bond motifs is 1. The maximum absolute atomic E-state index is 6.14. The molecule has 1 aromatic carbocycles. The molecule has 0 spiro atoms. The van der Waals surface area contributed by atoms with Crippen LogP contribution in [0, 0.1) is 5.92 Å². The van der Waals surface area contributed by atoms with Gasteiger partial charge in [0.15, 0.2) is 0 Å². The molecule has 2 heteroatoms. The molecule has 0 radical (unpaired) electrons. The minimum atomic E-state index is -0.0850. The minimum Gasteiger partial charge on any atom is -0.487 e. The summed E-state index contributed by atoms with van der Waals surface area (Å²) in [5.74, 6) is 1.90. The number of hydrogen-bond donors (Lipinski definition) is 1. The minimum absolute atomic E-state index is 0.0850. The Morgan fingerprint density at radius 2 is 1.86 bits per heavy atom. The fraction of sp³-hybridized carbons (Fsp3) is 0.684. The summed E-state index contributed by atoms with van der Waals surface area (Å²) < 4.78 is 6.14. The molecule has 2 nitrogen and oxygen atoms in total. The molecule has 0 saturated heterocycles. The van der Waals surface area contributed by atoms with E-state index in [0.29, 0.717) is 12.1 Å². The van der Waals surface area contributed by atoms with Crippen molar-refractivity contribution >= 4 is 0 Å². The smallest absolute Gasteiger partial charge is 0.124 e. The third-order valence-electron chi connectivity index (χ3n) is 5.20. The van der Waals surface area contributed by atoms with E-state index in [4.69, 9.17) is 4.74 Å². The van der Waals surface area contributed by atoms with Gasteiger partial charge >= 0.3 is 0 Å². The number of para-hydroxylation sites is 1. The van der Waals surface area contributed by atoms with E-state index in [2.05, 4.69) is 50.4 Å². The first-order valence-electron chi connectivity index (χ1n) is 8.59. The first-order chi connectivity index (χ1) is 10.1. The molecule has 1 saturated carbocycles. The molecule has 0 amide bonds. The highest BCUT2D eigenvalue weighted by molar-refractivity contribution is 5.38. The van der Waals surface area contributed by atoms with Gasteiger partial charge in [-0.3, -0.25) is 0 Å². The van der Waals surface area contributed by atoms with Gasteiger partial charge in [0.1, 0.15) is 11.4 Å². The third kappa shape index (κ3) is 3.42. The summed E-state index contributed by atoms with van der Waals surface area (Å²) in [6.45, 7) is 6.77. The molecule has 2 aliphatic rings. The molecule has 1 aromatic rings. The van der Waals surface area contributed by atoms with E-state index in [9.17, 15) is 0 Å². The van der Waals surface area contributed by atoms with Crippen molar-refractivity contribution in [3.63, 3.8) is 0 Å². The predicted octanol–water partition coefficient (Wildman–Crippen LogP) is 4.85. The van der Waals surface area contributed by atoms with Gasteiger partial charge in [0, 0.05) is 24.1 Å². The highest BCUT2D eigenvalue weighted by Gasteiger charge is 2.34. The summed E-state index contributed by atoms with van der Waals surface area (Å²) in [5, 5.41) is 3.92. The van der Waals surface area contributed by atoms with Gasteiger partial charge in [-0.15, -0.1) is 0 Å². The summed E-state index contributed by atoms with van der Waals surface area (Å²) >= 11 is 0. The Hall–Kier alpha value is -1.02. The highest BCUT2D eigenvalue weighted by Crippen LogP contribution is 2.40.